The Labute approximate surface area is 242 Å². The standard InChI is InChI=1S/C27H31BrN8O3S/c1-16(2)36-11-10-23-18(14-30-35(23)3)17-12-22(25(39-4)13-24(17)36)32-27-29-15-19(28)26(33-27)31-20-8-6-7-9-21(20)34-40(5,37)38/h6-9,12-16,34H,10-11H2,1-5H3,(H2,29,31,32,33). The Bertz CT molecular complexity index is 1670. The molecule has 1 aliphatic rings. The number of fused-ring (bicyclic) bond motifs is 3. The second kappa shape index (κ2) is 11.0. The summed E-state index contributed by atoms with van der Waals surface area (Å²) in [6, 6.07) is 11.4. The molecule has 0 spiro atoms. The number of nitrogens with zero attached hydrogens (tertiary/aromatic N) is 5. The third kappa shape index (κ3) is 5.70. The minimum absolute atomic E-state index is 0.299. The Balaban J connectivity index is 1.53. The maximum atomic E-state index is 11.8. The average molecular weight is 628 g/mol. The molecular formula is C27H31BrN8O3S. The number of methoxy groups -OCH3 is 1. The highest BCUT2D eigenvalue weighted by Crippen LogP contribution is 2.43. The van der Waals surface area contributed by atoms with Crippen LogP contribution in [0, 0.1) is 0 Å². The number of hydrogen-bond acceptors (Lipinski definition) is 9. The molecule has 40 heavy (non-hydrogen) atoms. The molecule has 210 valence electrons. The molecule has 0 saturated heterocycles. The van der Waals surface area contributed by atoms with Crippen LogP contribution in [0.5, 0.6) is 5.75 Å². The lowest BCUT2D eigenvalue weighted by molar-refractivity contribution is 0.416. The van der Waals surface area contributed by atoms with Gasteiger partial charge in [-0.05, 0) is 48.0 Å². The van der Waals surface area contributed by atoms with Crippen molar-refractivity contribution >= 4 is 60.5 Å². The number of aryl methyl sites for hydroxylation is 1. The molecule has 11 nitrogen and oxygen atoms in total. The quantitative estimate of drug-likeness (QED) is 0.239. The highest BCUT2D eigenvalue weighted by atomic mass is 79.9. The second-order valence-electron chi connectivity index (χ2n) is 9.80. The predicted octanol–water partition coefficient (Wildman–Crippen LogP) is 5.28. The van der Waals surface area contributed by atoms with Gasteiger partial charge in [0.2, 0.25) is 16.0 Å². The van der Waals surface area contributed by atoms with E-state index in [1.165, 1.54) is 5.69 Å². The van der Waals surface area contributed by atoms with Gasteiger partial charge < -0.3 is 20.3 Å². The lowest BCUT2D eigenvalue weighted by Gasteiger charge is -2.30. The van der Waals surface area contributed by atoms with E-state index >= 15 is 0 Å². The predicted molar refractivity (Wildman–Crippen MR) is 163 cm³/mol. The van der Waals surface area contributed by atoms with Crippen molar-refractivity contribution in [3.05, 3.63) is 59.0 Å². The van der Waals surface area contributed by atoms with E-state index in [4.69, 9.17) is 4.74 Å². The van der Waals surface area contributed by atoms with E-state index in [1.807, 2.05) is 24.0 Å². The summed E-state index contributed by atoms with van der Waals surface area (Å²) in [6.45, 7) is 5.24. The number of rotatable bonds is 8. The van der Waals surface area contributed by atoms with Crippen molar-refractivity contribution in [3.8, 4) is 16.9 Å². The molecule has 2 aromatic heterocycles. The zero-order chi connectivity index (χ0) is 28.6. The smallest absolute Gasteiger partial charge is 0.229 e. The summed E-state index contributed by atoms with van der Waals surface area (Å²) in [6.07, 6.45) is 5.52. The van der Waals surface area contributed by atoms with E-state index in [-0.39, 0.29) is 0 Å². The van der Waals surface area contributed by atoms with Crippen molar-refractivity contribution < 1.29 is 13.2 Å². The molecule has 0 fully saturated rings. The zero-order valence-corrected chi connectivity index (χ0v) is 25.3. The molecule has 0 bridgehead atoms. The molecule has 0 unspecified atom stereocenters. The maximum absolute atomic E-state index is 11.8. The fraction of sp³-hybridized carbons (Fsp3) is 0.296. The van der Waals surface area contributed by atoms with Gasteiger partial charge >= 0.3 is 0 Å². The first-order chi connectivity index (χ1) is 19.0. The summed E-state index contributed by atoms with van der Waals surface area (Å²) in [7, 11) is 0.143. The molecule has 2 aromatic carbocycles. The number of para-hydroxylation sites is 2. The maximum Gasteiger partial charge on any atom is 0.229 e. The minimum atomic E-state index is -3.47. The fourth-order valence-electron chi connectivity index (χ4n) is 4.80. The van der Waals surface area contributed by atoms with Crippen molar-refractivity contribution in [2.24, 2.45) is 7.05 Å². The highest BCUT2D eigenvalue weighted by molar-refractivity contribution is 9.10. The van der Waals surface area contributed by atoms with Crippen LogP contribution >= 0.6 is 15.9 Å². The molecule has 3 N–H and O–H groups in total. The number of hydrogen-bond donors (Lipinski definition) is 3. The van der Waals surface area contributed by atoms with E-state index in [0.717, 1.165) is 36.0 Å². The van der Waals surface area contributed by atoms with Crippen LogP contribution in [-0.2, 0) is 23.5 Å². The van der Waals surface area contributed by atoms with Gasteiger partial charge in [-0.1, -0.05) is 12.1 Å². The Hall–Kier alpha value is -3.84. The lowest BCUT2D eigenvalue weighted by atomic mass is 10.0. The fourth-order valence-corrected chi connectivity index (χ4v) is 5.67. The van der Waals surface area contributed by atoms with Crippen molar-refractivity contribution in [2.75, 3.05) is 40.2 Å². The van der Waals surface area contributed by atoms with E-state index < -0.39 is 10.0 Å². The summed E-state index contributed by atoms with van der Waals surface area (Å²) < 4.78 is 34.6. The molecule has 0 atom stereocenters. The van der Waals surface area contributed by atoms with Gasteiger partial charge in [0.15, 0.2) is 0 Å². The largest absolute Gasteiger partial charge is 0.494 e. The van der Waals surface area contributed by atoms with E-state index in [0.29, 0.717) is 45.1 Å². The molecular weight excluding hydrogens is 596 g/mol. The van der Waals surface area contributed by atoms with Crippen LogP contribution in [-0.4, -0.2) is 54.1 Å². The number of ether oxygens (including phenoxy) is 1. The summed E-state index contributed by atoms with van der Waals surface area (Å²) in [5.41, 5.74) is 6.04. The van der Waals surface area contributed by atoms with Crippen LogP contribution in [0.3, 0.4) is 0 Å². The summed E-state index contributed by atoms with van der Waals surface area (Å²) in [4.78, 5) is 11.5. The first-order valence-corrected chi connectivity index (χ1v) is 15.4. The molecule has 13 heteroatoms. The number of sulfonamides is 1. The second-order valence-corrected chi connectivity index (χ2v) is 12.4. The number of halogens is 1. The van der Waals surface area contributed by atoms with Gasteiger partial charge in [-0.25, -0.2) is 13.4 Å². The first kappa shape index (κ1) is 27.7. The molecule has 0 aliphatic carbocycles. The molecule has 5 rings (SSSR count). The molecule has 4 aromatic rings. The van der Waals surface area contributed by atoms with Crippen molar-refractivity contribution in [1.29, 1.82) is 0 Å². The first-order valence-electron chi connectivity index (χ1n) is 12.7. The van der Waals surface area contributed by atoms with E-state index in [9.17, 15) is 8.42 Å². The number of nitrogens with one attached hydrogen (secondary N) is 3. The summed E-state index contributed by atoms with van der Waals surface area (Å²) in [5, 5.41) is 11.0. The summed E-state index contributed by atoms with van der Waals surface area (Å²) in [5.74, 6) is 1.44. The molecule has 1 aliphatic heterocycles. The van der Waals surface area contributed by atoms with Crippen LogP contribution < -0.4 is 25.0 Å². The van der Waals surface area contributed by atoms with Gasteiger partial charge in [-0.15, -0.1) is 0 Å². The normalized spacial score (nSPS) is 12.9. The Morgan fingerprint density at radius 1 is 1.05 bits per heavy atom. The van der Waals surface area contributed by atoms with Crippen LogP contribution in [0.2, 0.25) is 0 Å². The molecule has 0 saturated carbocycles. The Morgan fingerprint density at radius 2 is 1.80 bits per heavy atom. The molecule has 0 radical (unpaired) electrons. The van der Waals surface area contributed by atoms with Gasteiger partial charge in [0, 0.05) is 60.8 Å². The number of benzene rings is 2. The number of aromatic nitrogens is 4. The van der Waals surface area contributed by atoms with Crippen LogP contribution in [0.15, 0.2) is 53.3 Å². The average Bonchev–Trinajstić information content (AvgIpc) is 3.17. The van der Waals surface area contributed by atoms with Crippen LogP contribution in [0.4, 0.5) is 34.5 Å². The van der Waals surface area contributed by atoms with E-state index in [2.05, 4.69) is 71.2 Å². The van der Waals surface area contributed by atoms with E-state index in [1.54, 1.807) is 37.6 Å². The SMILES string of the molecule is COc1cc2c(cc1Nc1ncc(Br)c(Nc3ccccc3NS(C)(=O)=O)n1)-c1cnn(C)c1CCN2C(C)C. The van der Waals surface area contributed by atoms with Crippen molar-refractivity contribution in [1.82, 2.24) is 19.7 Å². The Kier molecular flexibility index (Phi) is 7.60. The van der Waals surface area contributed by atoms with Gasteiger partial charge in [-0.2, -0.15) is 10.1 Å². The van der Waals surface area contributed by atoms with Crippen molar-refractivity contribution in [3.63, 3.8) is 0 Å². The topological polar surface area (TPSA) is 126 Å². The monoisotopic (exact) mass is 626 g/mol. The van der Waals surface area contributed by atoms with Gasteiger partial charge in [0.05, 0.1) is 41.1 Å². The van der Waals surface area contributed by atoms with Crippen LogP contribution in [0.1, 0.15) is 19.5 Å². The van der Waals surface area contributed by atoms with Crippen LogP contribution in [0.25, 0.3) is 11.1 Å². The minimum Gasteiger partial charge on any atom is -0.494 e. The molecule has 0 amide bonds. The zero-order valence-electron chi connectivity index (χ0n) is 22.9. The number of anilines is 6. The van der Waals surface area contributed by atoms with Gasteiger partial charge in [0.25, 0.3) is 0 Å². The highest BCUT2D eigenvalue weighted by Gasteiger charge is 2.26. The van der Waals surface area contributed by atoms with Gasteiger partial charge in [0.1, 0.15) is 11.6 Å². The lowest BCUT2D eigenvalue weighted by Crippen LogP contribution is -2.32. The molecule has 3 heterocycles. The summed E-state index contributed by atoms with van der Waals surface area (Å²) >= 11 is 3.49. The third-order valence-electron chi connectivity index (χ3n) is 6.66. The van der Waals surface area contributed by atoms with Crippen molar-refractivity contribution in [2.45, 2.75) is 26.3 Å². The Morgan fingerprint density at radius 3 is 2.50 bits per heavy atom. The third-order valence-corrected chi connectivity index (χ3v) is 7.83. The van der Waals surface area contributed by atoms with Gasteiger partial charge in [-0.3, -0.25) is 9.40 Å².